The molecule has 0 spiro atoms. The molecular formula is C30H36NO+. The molecule has 0 saturated heterocycles. The summed E-state index contributed by atoms with van der Waals surface area (Å²) in [5, 5.41) is 2.49. The van der Waals surface area contributed by atoms with Crippen LogP contribution >= 0.6 is 0 Å². The first-order chi connectivity index (χ1) is 15.3. The first kappa shape index (κ1) is 20.0. The summed E-state index contributed by atoms with van der Waals surface area (Å²) in [5.74, 6) is -0.637. The lowest BCUT2D eigenvalue weighted by Gasteiger charge is -2.43. The van der Waals surface area contributed by atoms with Crippen LogP contribution in [0.1, 0.15) is 83.9 Å². The van der Waals surface area contributed by atoms with Crippen molar-refractivity contribution in [3.05, 3.63) is 64.8 Å². The fourth-order valence-corrected chi connectivity index (χ4v) is 5.95. The topological polar surface area (TPSA) is 17.0 Å². The fourth-order valence-electron chi connectivity index (χ4n) is 5.95. The lowest BCUT2D eigenvalue weighted by atomic mass is 9.60. The first-order valence-electron chi connectivity index (χ1n) is 12.3. The summed E-state index contributed by atoms with van der Waals surface area (Å²) in [6.45, 7) is 15.8. The van der Waals surface area contributed by atoms with Gasteiger partial charge < -0.3 is 4.42 Å². The Morgan fingerprint density at radius 1 is 0.969 bits per heavy atom. The van der Waals surface area contributed by atoms with Crippen LogP contribution in [0.15, 0.2) is 47.0 Å². The van der Waals surface area contributed by atoms with Crippen molar-refractivity contribution in [2.45, 2.75) is 78.0 Å². The zero-order chi connectivity index (χ0) is 23.9. The summed E-state index contributed by atoms with van der Waals surface area (Å²) in [6.07, 6.45) is 4.44. The van der Waals surface area contributed by atoms with Crippen molar-refractivity contribution in [3.63, 3.8) is 0 Å². The van der Waals surface area contributed by atoms with E-state index in [2.05, 4.69) is 88.8 Å². The minimum Gasteiger partial charge on any atom is -0.455 e. The van der Waals surface area contributed by atoms with Gasteiger partial charge in [0, 0.05) is 23.8 Å². The van der Waals surface area contributed by atoms with E-state index in [1.807, 2.05) is 13.8 Å². The quantitative estimate of drug-likeness (QED) is 0.298. The maximum absolute atomic E-state index is 8.48. The zero-order valence-electron chi connectivity index (χ0n) is 21.8. The smallest absolute Gasteiger partial charge is 0.216 e. The first-order valence-corrected chi connectivity index (χ1v) is 11.8. The molecule has 2 heteroatoms. The average Bonchev–Trinajstić information content (AvgIpc) is 3.09. The Kier molecular flexibility index (Phi) is 4.35. The van der Waals surface area contributed by atoms with Crippen molar-refractivity contribution < 1.29 is 10.4 Å². The maximum atomic E-state index is 8.48. The average molecular weight is 428 g/mol. The monoisotopic (exact) mass is 427 g/mol. The van der Waals surface area contributed by atoms with Gasteiger partial charge in [-0.15, -0.1) is 0 Å². The molecule has 2 heterocycles. The summed E-state index contributed by atoms with van der Waals surface area (Å²) < 4.78 is 17.3. The Balaban J connectivity index is 1.98. The number of pyridine rings is 1. The third-order valence-corrected chi connectivity index (χ3v) is 7.77. The van der Waals surface area contributed by atoms with Crippen molar-refractivity contribution in [3.8, 4) is 11.3 Å². The van der Waals surface area contributed by atoms with E-state index in [0.29, 0.717) is 0 Å². The van der Waals surface area contributed by atoms with Crippen LogP contribution in [-0.2, 0) is 17.9 Å². The van der Waals surface area contributed by atoms with Crippen molar-refractivity contribution in [1.82, 2.24) is 0 Å². The van der Waals surface area contributed by atoms with Gasteiger partial charge in [0.05, 0.1) is 5.56 Å². The maximum Gasteiger partial charge on any atom is 0.216 e. The molecule has 5 rings (SSSR count). The number of nitrogens with zero attached hydrogens (tertiary/aromatic N) is 1. The third kappa shape index (κ3) is 2.95. The number of benzene rings is 2. The molecule has 166 valence electrons. The summed E-state index contributed by atoms with van der Waals surface area (Å²) in [7, 11) is 2.09. The Bertz CT molecular complexity index is 1420. The Morgan fingerprint density at radius 3 is 2.28 bits per heavy atom. The molecule has 0 fully saturated rings. The number of aromatic nitrogens is 1. The highest BCUT2D eigenvalue weighted by molar-refractivity contribution is 6.12. The molecule has 0 aliphatic heterocycles. The van der Waals surface area contributed by atoms with Gasteiger partial charge in [-0.1, -0.05) is 59.7 Å². The molecule has 0 atom stereocenters. The van der Waals surface area contributed by atoms with E-state index in [1.165, 1.54) is 45.9 Å². The summed E-state index contributed by atoms with van der Waals surface area (Å²) in [6, 6.07) is 12.8. The minimum absolute atomic E-state index is 0.0837. The van der Waals surface area contributed by atoms with Gasteiger partial charge in [-0.2, -0.15) is 0 Å². The number of para-hydroxylation sites is 1. The van der Waals surface area contributed by atoms with Crippen LogP contribution in [0.2, 0.25) is 0 Å². The van der Waals surface area contributed by atoms with Gasteiger partial charge in [0.25, 0.3) is 0 Å². The van der Waals surface area contributed by atoms with Crippen LogP contribution in [-0.4, -0.2) is 0 Å². The molecule has 2 aromatic heterocycles. The van der Waals surface area contributed by atoms with Crippen molar-refractivity contribution in [1.29, 1.82) is 0 Å². The standard InChI is InChI=1S/C30H36NO/c1-18(2)20-13-14-22(31(8)17-20)24-19(3)26-27(30(6,7)16-15-29(26,4)5)25-21-11-9-10-12-23(21)32-28(24)25/h9-14,17-18H,15-16H2,1-8H3/q+1/i18D. The second-order valence-corrected chi connectivity index (χ2v) is 11.2. The molecule has 1 aliphatic carbocycles. The number of hydrogen-bond donors (Lipinski definition) is 0. The molecule has 0 bridgehead atoms. The minimum atomic E-state index is -0.637. The van der Waals surface area contributed by atoms with Crippen LogP contribution in [0.4, 0.5) is 0 Å². The van der Waals surface area contributed by atoms with Gasteiger partial charge in [-0.3, -0.25) is 0 Å². The molecule has 2 aromatic carbocycles. The van der Waals surface area contributed by atoms with Crippen LogP contribution in [0.25, 0.3) is 33.2 Å². The zero-order valence-corrected chi connectivity index (χ0v) is 20.8. The van der Waals surface area contributed by atoms with E-state index in [-0.39, 0.29) is 10.8 Å². The van der Waals surface area contributed by atoms with E-state index in [0.717, 1.165) is 22.4 Å². The molecule has 4 aromatic rings. The van der Waals surface area contributed by atoms with Gasteiger partial charge >= 0.3 is 0 Å². The molecular weight excluding hydrogens is 390 g/mol. The third-order valence-electron chi connectivity index (χ3n) is 7.77. The molecule has 0 saturated carbocycles. The normalized spacial score (nSPS) is 18.1. The lowest BCUT2D eigenvalue weighted by Crippen LogP contribution is -2.36. The Morgan fingerprint density at radius 2 is 1.62 bits per heavy atom. The van der Waals surface area contributed by atoms with Crippen LogP contribution in [0, 0.1) is 6.92 Å². The van der Waals surface area contributed by atoms with Crippen LogP contribution in [0.3, 0.4) is 0 Å². The predicted molar refractivity (Wildman–Crippen MR) is 134 cm³/mol. The SMILES string of the molecule is [2H]C(C)(C)c1ccc(-c2c(C)c3c(c4c2oc2ccccc24)C(C)(C)CCC3(C)C)[n+](C)c1. The van der Waals surface area contributed by atoms with E-state index in [1.54, 1.807) is 0 Å². The molecule has 2 nitrogen and oxygen atoms in total. The predicted octanol–water partition coefficient (Wildman–Crippen LogP) is 7.86. The van der Waals surface area contributed by atoms with E-state index in [4.69, 9.17) is 5.79 Å². The van der Waals surface area contributed by atoms with Crippen molar-refractivity contribution in [2.24, 2.45) is 7.05 Å². The second kappa shape index (κ2) is 6.94. The van der Waals surface area contributed by atoms with Crippen LogP contribution < -0.4 is 4.57 Å². The Hall–Kier alpha value is -2.61. The second-order valence-electron chi connectivity index (χ2n) is 11.2. The van der Waals surface area contributed by atoms with Gasteiger partial charge in [0.2, 0.25) is 5.69 Å². The van der Waals surface area contributed by atoms with E-state index < -0.39 is 5.89 Å². The molecule has 0 N–H and O–H groups in total. The summed E-state index contributed by atoms with van der Waals surface area (Å²) in [5.41, 5.74) is 9.71. The fraction of sp³-hybridized carbons (Fsp3) is 0.433. The van der Waals surface area contributed by atoms with Gasteiger partial charge in [-0.05, 0) is 65.3 Å². The van der Waals surface area contributed by atoms with E-state index >= 15 is 0 Å². The molecule has 32 heavy (non-hydrogen) atoms. The lowest BCUT2D eigenvalue weighted by molar-refractivity contribution is -0.660. The van der Waals surface area contributed by atoms with E-state index in [9.17, 15) is 0 Å². The Labute approximate surface area is 193 Å². The number of fused-ring (bicyclic) bond motifs is 5. The molecule has 0 unspecified atom stereocenters. The van der Waals surface area contributed by atoms with Crippen LogP contribution in [0.5, 0.6) is 0 Å². The molecule has 0 radical (unpaired) electrons. The largest absolute Gasteiger partial charge is 0.455 e. The highest BCUT2D eigenvalue weighted by Gasteiger charge is 2.42. The van der Waals surface area contributed by atoms with Gasteiger partial charge in [0.15, 0.2) is 6.20 Å². The highest BCUT2D eigenvalue weighted by Crippen LogP contribution is 2.54. The highest BCUT2D eigenvalue weighted by atomic mass is 16.3. The summed E-state index contributed by atoms with van der Waals surface area (Å²) >= 11 is 0. The van der Waals surface area contributed by atoms with Crippen molar-refractivity contribution in [2.75, 3.05) is 0 Å². The van der Waals surface area contributed by atoms with Gasteiger partial charge in [-0.25, -0.2) is 4.57 Å². The number of hydrogen-bond acceptors (Lipinski definition) is 1. The number of furan rings is 1. The summed E-state index contributed by atoms with van der Waals surface area (Å²) in [4.78, 5) is 0. The number of aryl methyl sites for hydroxylation is 1. The van der Waals surface area contributed by atoms with Crippen molar-refractivity contribution >= 4 is 21.9 Å². The molecule has 0 amide bonds. The van der Waals surface area contributed by atoms with Gasteiger partial charge in [0.1, 0.15) is 18.2 Å². The number of rotatable bonds is 2. The molecule has 1 aliphatic rings.